The Morgan fingerprint density at radius 3 is 1.31 bits per heavy atom. The van der Waals surface area contributed by atoms with Crippen molar-refractivity contribution in [1.82, 2.24) is 19.9 Å². The summed E-state index contributed by atoms with van der Waals surface area (Å²) >= 11 is 0. The standard InChI is InChI=1S/C42H24N4O4.2Pt/c47-35-17-3-1-13-31(35)41-45-39-29(15-7-19-37(39)49-41)25-9-5-11-27(21-25)33-23-34(44-24-43-33)28-12-6-10-26(22-28)30-16-8-20-38-40(30)46-42(50-38)32-14-2-4-18-36(32)48;;/h1-20,23-24,47-48H;;/q-2;;. The minimum Gasteiger partial charge on any atom is -0.507 e. The van der Waals surface area contributed by atoms with Crippen LogP contribution in [0.25, 0.3) is 89.9 Å². The predicted octanol–water partition coefficient (Wildman–Crippen LogP) is 9.77. The number of oxazole rings is 2. The molecule has 0 aliphatic carbocycles. The van der Waals surface area contributed by atoms with Crippen molar-refractivity contribution in [1.29, 1.82) is 0 Å². The van der Waals surface area contributed by atoms with Gasteiger partial charge in [-0.3, -0.25) is 9.97 Å². The van der Waals surface area contributed by atoms with E-state index in [0.717, 1.165) is 33.4 Å². The van der Waals surface area contributed by atoms with E-state index < -0.39 is 0 Å². The van der Waals surface area contributed by atoms with Crippen LogP contribution in [0.2, 0.25) is 0 Å². The number of para-hydroxylation sites is 4. The molecule has 9 rings (SSSR count). The summed E-state index contributed by atoms with van der Waals surface area (Å²) in [5.41, 5.74) is 9.90. The van der Waals surface area contributed by atoms with Crippen molar-refractivity contribution >= 4 is 22.2 Å². The van der Waals surface area contributed by atoms with Crippen molar-refractivity contribution in [2.24, 2.45) is 0 Å². The third-order valence-electron chi connectivity index (χ3n) is 8.50. The van der Waals surface area contributed by atoms with Gasteiger partial charge < -0.3 is 19.0 Å². The molecule has 2 N–H and O–H groups in total. The van der Waals surface area contributed by atoms with Gasteiger partial charge >= 0.3 is 0 Å². The van der Waals surface area contributed by atoms with Crippen LogP contribution >= 0.6 is 0 Å². The molecular weight excluding hydrogens is 1010 g/mol. The SMILES string of the molecule is Oc1ccccc1-c1nc2c(-c3[c-]c(-c4cc(-c5[c-]c(-c6cccc7oc(-c8ccccc8O)nc67)ccc5)ncn4)ccc3)cccc2o1.[Pt].[Pt]. The number of hydrogen-bond acceptors (Lipinski definition) is 8. The van der Waals surface area contributed by atoms with E-state index in [0.29, 0.717) is 56.5 Å². The monoisotopic (exact) mass is 1040 g/mol. The van der Waals surface area contributed by atoms with Gasteiger partial charge in [0.25, 0.3) is 0 Å². The fourth-order valence-corrected chi connectivity index (χ4v) is 6.07. The van der Waals surface area contributed by atoms with Gasteiger partial charge in [0.15, 0.2) is 0 Å². The van der Waals surface area contributed by atoms with Crippen LogP contribution < -0.4 is 0 Å². The van der Waals surface area contributed by atoms with Crippen LogP contribution in [0.1, 0.15) is 0 Å². The van der Waals surface area contributed by atoms with E-state index in [1.165, 1.54) is 0 Å². The maximum absolute atomic E-state index is 10.4. The summed E-state index contributed by atoms with van der Waals surface area (Å²) in [5, 5.41) is 20.7. The first-order valence-corrected chi connectivity index (χ1v) is 15.8. The molecule has 0 amide bonds. The molecule has 10 heteroatoms. The van der Waals surface area contributed by atoms with Crippen molar-refractivity contribution in [3.8, 4) is 79.2 Å². The molecular formula is C42H24N4O4Pt2-2. The van der Waals surface area contributed by atoms with Gasteiger partial charge in [-0.1, -0.05) is 76.9 Å². The quantitative estimate of drug-likeness (QED) is 0.158. The van der Waals surface area contributed by atoms with E-state index in [4.69, 9.17) is 18.8 Å². The normalized spacial score (nSPS) is 10.9. The molecule has 3 heterocycles. The number of phenols is 2. The molecule has 258 valence electrons. The van der Waals surface area contributed by atoms with Gasteiger partial charge in [0.2, 0.25) is 11.8 Å². The molecule has 0 bridgehead atoms. The molecule has 0 aliphatic rings. The number of aromatic hydroxyl groups is 2. The molecule has 0 spiro atoms. The Bertz CT molecular complexity index is 2540. The summed E-state index contributed by atoms with van der Waals surface area (Å²) in [7, 11) is 0. The van der Waals surface area contributed by atoms with Crippen LogP contribution in [0.4, 0.5) is 0 Å². The molecule has 0 unspecified atom stereocenters. The van der Waals surface area contributed by atoms with Gasteiger partial charge in [-0.25, -0.2) is 9.97 Å². The van der Waals surface area contributed by atoms with Gasteiger partial charge in [-0.05, 0) is 36.4 Å². The van der Waals surface area contributed by atoms with Crippen molar-refractivity contribution < 1.29 is 61.2 Å². The zero-order chi connectivity index (χ0) is 33.6. The first-order valence-electron chi connectivity index (χ1n) is 15.8. The Morgan fingerprint density at radius 2 is 0.846 bits per heavy atom. The summed E-state index contributed by atoms with van der Waals surface area (Å²) in [6, 6.07) is 46.2. The third-order valence-corrected chi connectivity index (χ3v) is 8.50. The van der Waals surface area contributed by atoms with Gasteiger partial charge in [0.05, 0.1) is 28.5 Å². The zero-order valence-corrected chi connectivity index (χ0v) is 31.4. The number of benzene rings is 6. The first-order chi connectivity index (χ1) is 24.6. The van der Waals surface area contributed by atoms with E-state index in [-0.39, 0.29) is 53.6 Å². The first kappa shape index (κ1) is 34.8. The van der Waals surface area contributed by atoms with Gasteiger partial charge in [-0.15, -0.1) is 59.7 Å². The van der Waals surface area contributed by atoms with E-state index in [1.807, 2.05) is 91.0 Å². The molecule has 0 atom stereocenters. The van der Waals surface area contributed by atoms with Gasteiger partial charge in [-0.2, -0.15) is 0 Å². The summed E-state index contributed by atoms with van der Waals surface area (Å²) in [4.78, 5) is 18.7. The topological polar surface area (TPSA) is 118 Å². The Morgan fingerprint density at radius 1 is 0.442 bits per heavy atom. The molecule has 0 saturated carbocycles. The van der Waals surface area contributed by atoms with E-state index in [9.17, 15) is 10.2 Å². The summed E-state index contributed by atoms with van der Waals surface area (Å²) in [6.07, 6.45) is 1.54. The number of rotatable bonds is 6. The van der Waals surface area contributed by atoms with Crippen molar-refractivity contribution in [3.63, 3.8) is 0 Å². The largest absolute Gasteiger partial charge is 0.507 e. The maximum Gasteiger partial charge on any atom is 0.230 e. The molecule has 0 radical (unpaired) electrons. The number of phenolic OH excluding ortho intramolecular Hbond substituents is 2. The van der Waals surface area contributed by atoms with Gasteiger partial charge in [0, 0.05) is 53.5 Å². The molecule has 0 saturated heterocycles. The average Bonchev–Trinajstić information content (AvgIpc) is 3.80. The Labute approximate surface area is 326 Å². The maximum atomic E-state index is 10.4. The molecule has 52 heavy (non-hydrogen) atoms. The molecule has 3 aromatic heterocycles. The van der Waals surface area contributed by atoms with E-state index in [1.54, 1.807) is 42.7 Å². The van der Waals surface area contributed by atoms with Crippen molar-refractivity contribution in [2.75, 3.05) is 0 Å². The summed E-state index contributed by atoms with van der Waals surface area (Å²) < 4.78 is 12.1. The van der Waals surface area contributed by atoms with Crippen molar-refractivity contribution in [3.05, 3.63) is 146 Å². The second-order valence-corrected chi connectivity index (χ2v) is 11.6. The third kappa shape index (κ3) is 6.36. The van der Waals surface area contributed by atoms with Crippen LogP contribution in [0.15, 0.2) is 143 Å². The van der Waals surface area contributed by atoms with Crippen LogP contribution in [-0.4, -0.2) is 30.1 Å². The fraction of sp³-hybridized carbons (Fsp3) is 0. The molecule has 9 aromatic rings. The Hall–Kier alpha value is -5.68. The molecule has 8 nitrogen and oxygen atoms in total. The zero-order valence-electron chi connectivity index (χ0n) is 26.8. The second-order valence-electron chi connectivity index (χ2n) is 11.6. The fourth-order valence-electron chi connectivity index (χ4n) is 6.07. The second kappa shape index (κ2) is 14.5. The molecule has 6 aromatic carbocycles. The smallest absolute Gasteiger partial charge is 0.230 e. The predicted molar refractivity (Wildman–Crippen MR) is 191 cm³/mol. The summed E-state index contributed by atoms with van der Waals surface area (Å²) in [5.74, 6) is 0.891. The number of aromatic nitrogens is 4. The number of nitrogens with zero attached hydrogens (tertiary/aromatic N) is 4. The van der Waals surface area contributed by atoms with Gasteiger partial charge in [0.1, 0.15) is 22.7 Å². The van der Waals surface area contributed by atoms with E-state index >= 15 is 0 Å². The Kier molecular flexibility index (Phi) is 9.70. The number of fused-ring (bicyclic) bond motifs is 2. The van der Waals surface area contributed by atoms with Crippen molar-refractivity contribution in [2.45, 2.75) is 0 Å². The number of hydrogen-bond donors (Lipinski definition) is 2. The minimum absolute atomic E-state index is 0. The van der Waals surface area contributed by atoms with Crippen LogP contribution in [-0.2, 0) is 42.1 Å². The molecule has 0 aliphatic heterocycles. The van der Waals surface area contributed by atoms with E-state index in [2.05, 4.69) is 22.1 Å². The van der Waals surface area contributed by atoms with Crippen LogP contribution in [0, 0.1) is 12.1 Å². The summed E-state index contributed by atoms with van der Waals surface area (Å²) in [6.45, 7) is 0. The Balaban J connectivity index is 0.00000210. The van der Waals surface area contributed by atoms with Crippen LogP contribution in [0.5, 0.6) is 11.5 Å². The average molecular weight is 1040 g/mol. The minimum atomic E-state index is 0. The van der Waals surface area contributed by atoms with Crippen LogP contribution in [0.3, 0.4) is 0 Å². The molecule has 0 fully saturated rings.